The van der Waals surface area contributed by atoms with E-state index in [1.54, 1.807) is 0 Å². The Kier molecular flexibility index (Phi) is 5.01. The number of hydrogen-bond acceptors (Lipinski definition) is 3. The van der Waals surface area contributed by atoms with Gasteiger partial charge in [-0.3, -0.25) is 4.79 Å². The summed E-state index contributed by atoms with van der Waals surface area (Å²) in [5.74, 6) is 0.0703. The first-order valence-electron chi connectivity index (χ1n) is 8.85. The summed E-state index contributed by atoms with van der Waals surface area (Å²) < 4.78 is 38.6. The Hall–Kier alpha value is -2.02. The third-order valence-corrected chi connectivity index (χ3v) is 6.28. The van der Waals surface area contributed by atoms with Crippen LogP contribution in [0.25, 0.3) is 0 Å². The van der Waals surface area contributed by atoms with Crippen LogP contribution in [-0.2, 0) is 19.0 Å². The van der Waals surface area contributed by atoms with Crippen molar-refractivity contribution in [2.45, 2.75) is 46.2 Å². The highest BCUT2D eigenvalue weighted by Crippen LogP contribution is 2.43. The van der Waals surface area contributed by atoms with E-state index in [1.165, 1.54) is 23.5 Å². The van der Waals surface area contributed by atoms with Crippen molar-refractivity contribution in [3.05, 3.63) is 45.8 Å². The lowest BCUT2D eigenvalue weighted by molar-refractivity contribution is -0.137. The number of carbonyl (C=O) groups excluding carboxylic acids is 1. The minimum absolute atomic E-state index is 0.109. The number of nitrogen functional groups attached to an aromatic ring is 1. The van der Waals surface area contributed by atoms with Gasteiger partial charge < -0.3 is 11.1 Å². The van der Waals surface area contributed by atoms with Crippen LogP contribution in [0.3, 0.4) is 0 Å². The van der Waals surface area contributed by atoms with E-state index < -0.39 is 17.6 Å². The fraction of sp³-hybridized carbons (Fsp3) is 0.450. The molecule has 3 nitrogen and oxygen atoms in total. The van der Waals surface area contributed by atoms with E-state index in [0.717, 1.165) is 41.8 Å². The van der Waals surface area contributed by atoms with Gasteiger partial charge in [-0.1, -0.05) is 26.8 Å². The SMILES string of the molecule is CC(C)(C)[C@@H]1CCc2c(sc(N)c2C(=O)Nc2cccc(C(F)(F)F)c2)C1. The Morgan fingerprint density at radius 3 is 2.59 bits per heavy atom. The smallest absolute Gasteiger partial charge is 0.390 e. The zero-order valence-corrected chi connectivity index (χ0v) is 16.4. The van der Waals surface area contributed by atoms with Crippen LogP contribution in [0, 0.1) is 11.3 Å². The molecule has 0 saturated heterocycles. The minimum atomic E-state index is -4.46. The van der Waals surface area contributed by atoms with E-state index in [2.05, 4.69) is 26.1 Å². The number of hydrogen-bond donors (Lipinski definition) is 2. The fourth-order valence-corrected chi connectivity index (χ4v) is 4.76. The normalized spacial score (nSPS) is 17.5. The molecular formula is C20H23F3N2OS. The summed E-state index contributed by atoms with van der Waals surface area (Å²) in [5, 5.41) is 3.01. The Morgan fingerprint density at radius 2 is 1.96 bits per heavy atom. The largest absolute Gasteiger partial charge is 0.416 e. The standard InChI is InChI=1S/C20H23F3N2OS/c1-19(2,3)11-7-8-14-15(10-11)27-17(24)16(14)18(26)25-13-6-4-5-12(9-13)20(21,22)23/h4-6,9,11H,7-8,10,24H2,1-3H3,(H,25,26)/t11-/m1/s1. The third-order valence-electron chi connectivity index (χ3n) is 5.19. The highest BCUT2D eigenvalue weighted by molar-refractivity contribution is 7.16. The molecule has 0 saturated carbocycles. The van der Waals surface area contributed by atoms with Crippen LogP contribution in [0.5, 0.6) is 0 Å². The molecule has 3 N–H and O–H groups in total. The maximum absolute atomic E-state index is 12.9. The summed E-state index contributed by atoms with van der Waals surface area (Å²) in [7, 11) is 0. The van der Waals surface area contributed by atoms with Crippen molar-refractivity contribution in [2.75, 3.05) is 11.1 Å². The number of carbonyl (C=O) groups is 1. The van der Waals surface area contributed by atoms with Gasteiger partial charge in [0.25, 0.3) is 5.91 Å². The summed E-state index contributed by atoms with van der Waals surface area (Å²) in [6, 6.07) is 4.63. The maximum Gasteiger partial charge on any atom is 0.416 e. The summed E-state index contributed by atoms with van der Waals surface area (Å²) in [5.41, 5.74) is 6.96. The van der Waals surface area contributed by atoms with Crippen molar-refractivity contribution in [1.29, 1.82) is 0 Å². The number of halogens is 3. The topological polar surface area (TPSA) is 55.1 Å². The van der Waals surface area contributed by atoms with Crippen LogP contribution >= 0.6 is 11.3 Å². The molecule has 1 aliphatic rings. The number of thiophene rings is 1. The molecule has 146 valence electrons. The van der Waals surface area contributed by atoms with Gasteiger partial charge in [0.2, 0.25) is 0 Å². The van der Waals surface area contributed by atoms with E-state index in [4.69, 9.17) is 5.73 Å². The molecule has 1 aliphatic carbocycles. The van der Waals surface area contributed by atoms with Crippen LogP contribution in [0.2, 0.25) is 0 Å². The molecule has 1 aromatic carbocycles. The second kappa shape index (κ2) is 6.86. The summed E-state index contributed by atoms with van der Waals surface area (Å²) >= 11 is 1.42. The Bertz CT molecular complexity index is 865. The number of rotatable bonds is 2. The average Bonchev–Trinajstić information content (AvgIpc) is 2.88. The molecule has 3 rings (SSSR count). The van der Waals surface area contributed by atoms with E-state index in [-0.39, 0.29) is 11.1 Å². The first-order valence-corrected chi connectivity index (χ1v) is 9.67. The van der Waals surface area contributed by atoms with Crippen molar-refractivity contribution in [3.8, 4) is 0 Å². The van der Waals surface area contributed by atoms with E-state index in [0.29, 0.717) is 16.5 Å². The Morgan fingerprint density at radius 1 is 1.26 bits per heavy atom. The average molecular weight is 396 g/mol. The van der Waals surface area contributed by atoms with E-state index in [9.17, 15) is 18.0 Å². The van der Waals surface area contributed by atoms with Crippen molar-refractivity contribution >= 4 is 27.9 Å². The number of nitrogens with one attached hydrogen (secondary N) is 1. The van der Waals surface area contributed by atoms with Gasteiger partial charge in [0.15, 0.2) is 0 Å². The zero-order chi connectivity index (χ0) is 20.0. The van der Waals surface area contributed by atoms with Gasteiger partial charge in [0.05, 0.1) is 16.1 Å². The molecule has 2 aromatic rings. The van der Waals surface area contributed by atoms with Gasteiger partial charge in [-0.05, 0) is 54.4 Å². The quantitative estimate of drug-likeness (QED) is 0.679. The number of amides is 1. The molecule has 7 heteroatoms. The predicted molar refractivity (Wildman–Crippen MR) is 103 cm³/mol. The molecule has 0 radical (unpaired) electrons. The lowest BCUT2D eigenvalue weighted by Gasteiger charge is -2.33. The number of alkyl halides is 3. The Balaban J connectivity index is 1.84. The van der Waals surface area contributed by atoms with Crippen LogP contribution in [0.4, 0.5) is 23.9 Å². The van der Waals surface area contributed by atoms with Crippen molar-refractivity contribution in [2.24, 2.45) is 11.3 Å². The summed E-state index contributed by atoms with van der Waals surface area (Å²) in [4.78, 5) is 13.9. The Labute approximate surface area is 160 Å². The van der Waals surface area contributed by atoms with Gasteiger partial charge in [-0.25, -0.2) is 0 Å². The van der Waals surface area contributed by atoms with Crippen molar-refractivity contribution in [3.63, 3.8) is 0 Å². The molecule has 1 amide bonds. The summed E-state index contributed by atoms with van der Waals surface area (Å²) in [6.07, 6.45) is -1.85. The number of anilines is 2. The molecule has 0 spiro atoms. The van der Waals surface area contributed by atoms with Gasteiger partial charge in [0.1, 0.15) is 0 Å². The van der Waals surface area contributed by atoms with Crippen LogP contribution in [0.1, 0.15) is 53.6 Å². The zero-order valence-electron chi connectivity index (χ0n) is 15.5. The van der Waals surface area contributed by atoms with Crippen LogP contribution in [-0.4, -0.2) is 5.91 Å². The monoisotopic (exact) mass is 396 g/mol. The molecule has 0 fully saturated rings. The van der Waals surface area contributed by atoms with Gasteiger partial charge in [-0.2, -0.15) is 13.2 Å². The predicted octanol–water partition coefficient (Wildman–Crippen LogP) is 5.75. The molecule has 1 atom stereocenters. The number of nitrogens with two attached hydrogens (primary N) is 1. The summed E-state index contributed by atoms with van der Waals surface area (Å²) in [6.45, 7) is 6.63. The second-order valence-corrected chi connectivity index (χ2v) is 9.22. The second-order valence-electron chi connectivity index (χ2n) is 8.08. The van der Waals surface area contributed by atoms with Crippen molar-refractivity contribution < 1.29 is 18.0 Å². The molecule has 0 unspecified atom stereocenters. The van der Waals surface area contributed by atoms with Gasteiger partial charge >= 0.3 is 6.18 Å². The molecular weight excluding hydrogens is 373 g/mol. The highest BCUT2D eigenvalue weighted by atomic mass is 32.1. The van der Waals surface area contributed by atoms with Gasteiger partial charge in [-0.15, -0.1) is 11.3 Å². The van der Waals surface area contributed by atoms with E-state index in [1.807, 2.05) is 0 Å². The third kappa shape index (κ3) is 4.13. The molecule has 0 aliphatic heterocycles. The lowest BCUT2D eigenvalue weighted by atomic mass is 9.72. The van der Waals surface area contributed by atoms with E-state index >= 15 is 0 Å². The lowest BCUT2D eigenvalue weighted by Crippen LogP contribution is -2.27. The molecule has 1 aromatic heterocycles. The van der Waals surface area contributed by atoms with Crippen LogP contribution < -0.4 is 11.1 Å². The molecule has 1 heterocycles. The first kappa shape index (κ1) is 19.7. The van der Waals surface area contributed by atoms with Crippen molar-refractivity contribution in [1.82, 2.24) is 0 Å². The van der Waals surface area contributed by atoms with Gasteiger partial charge in [0, 0.05) is 10.6 Å². The highest BCUT2D eigenvalue weighted by Gasteiger charge is 2.34. The number of fused-ring (bicyclic) bond motifs is 1. The minimum Gasteiger partial charge on any atom is -0.390 e. The number of benzene rings is 1. The van der Waals surface area contributed by atoms with Crippen LogP contribution in [0.15, 0.2) is 24.3 Å². The fourth-order valence-electron chi connectivity index (χ4n) is 3.56. The maximum atomic E-state index is 12.9. The molecule has 27 heavy (non-hydrogen) atoms. The molecule has 0 bridgehead atoms. The first-order chi connectivity index (χ1) is 12.5.